The molecular formula is C14H28IN3O2. The van der Waals surface area contributed by atoms with Crippen molar-refractivity contribution < 1.29 is 9.53 Å². The number of ether oxygens (including phenoxy) is 1. The molecule has 0 aromatic heterocycles. The summed E-state index contributed by atoms with van der Waals surface area (Å²) < 4.78 is 4.59. The molecule has 0 spiro atoms. The highest BCUT2D eigenvalue weighted by Gasteiger charge is 2.06. The van der Waals surface area contributed by atoms with Crippen LogP contribution in [-0.2, 0) is 9.53 Å². The average Bonchev–Trinajstić information content (AvgIpc) is 2.42. The van der Waals surface area contributed by atoms with Crippen LogP contribution in [-0.4, -0.2) is 51.1 Å². The van der Waals surface area contributed by atoms with E-state index in [-0.39, 0.29) is 29.9 Å². The maximum atomic E-state index is 11.0. The molecule has 0 atom stereocenters. The van der Waals surface area contributed by atoms with E-state index in [1.165, 1.54) is 20.0 Å². The second kappa shape index (κ2) is 14.6. The van der Waals surface area contributed by atoms with Crippen LogP contribution >= 0.6 is 24.0 Å². The average molecular weight is 397 g/mol. The quantitative estimate of drug-likeness (QED) is 0.162. The van der Waals surface area contributed by atoms with Crippen LogP contribution in [0.2, 0.25) is 0 Å². The molecule has 0 amide bonds. The third-order valence-electron chi connectivity index (χ3n) is 2.82. The van der Waals surface area contributed by atoms with Crippen molar-refractivity contribution in [1.29, 1.82) is 0 Å². The number of rotatable bonds is 9. The highest BCUT2D eigenvalue weighted by atomic mass is 127. The van der Waals surface area contributed by atoms with Gasteiger partial charge in [0.15, 0.2) is 5.96 Å². The third kappa shape index (κ3) is 11.1. The smallest absolute Gasteiger partial charge is 0.307 e. The number of hydrogen-bond donors (Lipinski definition) is 1. The number of aliphatic imine (C=N–C) groups is 1. The van der Waals surface area contributed by atoms with E-state index in [1.807, 2.05) is 13.1 Å². The summed E-state index contributed by atoms with van der Waals surface area (Å²) in [5.41, 5.74) is 0. The fraction of sp³-hybridized carbons (Fsp3) is 0.714. The molecule has 0 radical (unpaired) electrons. The van der Waals surface area contributed by atoms with Crippen LogP contribution in [0, 0.1) is 0 Å². The van der Waals surface area contributed by atoms with Gasteiger partial charge in [0.2, 0.25) is 0 Å². The monoisotopic (exact) mass is 397 g/mol. The van der Waals surface area contributed by atoms with Crippen molar-refractivity contribution in [1.82, 2.24) is 10.2 Å². The first-order chi connectivity index (χ1) is 9.15. The second-order valence-electron chi connectivity index (χ2n) is 4.36. The molecule has 6 heteroatoms. The van der Waals surface area contributed by atoms with Gasteiger partial charge in [-0.1, -0.05) is 12.5 Å². The minimum absolute atomic E-state index is 0. The zero-order chi connectivity index (χ0) is 14.5. The zero-order valence-electron chi connectivity index (χ0n) is 12.9. The molecule has 0 aromatic rings. The van der Waals surface area contributed by atoms with Gasteiger partial charge in [-0.05, 0) is 19.3 Å². The summed E-state index contributed by atoms with van der Waals surface area (Å²) in [6.45, 7) is 5.21. The van der Waals surface area contributed by atoms with E-state index < -0.39 is 0 Å². The van der Waals surface area contributed by atoms with Gasteiger partial charge in [0, 0.05) is 27.2 Å². The van der Waals surface area contributed by atoms with E-state index in [1.54, 1.807) is 7.05 Å². The summed E-state index contributed by atoms with van der Waals surface area (Å²) in [5.74, 6) is 0.600. The van der Waals surface area contributed by atoms with E-state index in [2.05, 4.69) is 26.5 Å². The van der Waals surface area contributed by atoms with Crippen molar-refractivity contribution in [2.45, 2.75) is 32.1 Å². The van der Waals surface area contributed by atoms with Gasteiger partial charge in [-0.25, -0.2) is 0 Å². The molecular weight excluding hydrogens is 369 g/mol. The topological polar surface area (TPSA) is 53.9 Å². The van der Waals surface area contributed by atoms with Crippen LogP contribution < -0.4 is 5.32 Å². The lowest BCUT2D eigenvalue weighted by Crippen LogP contribution is -2.40. The molecule has 0 aliphatic rings. The van der Waals surface area contributed by atoms with Gasteiger partial charge in [0.25, 0.3) is 0 Å². The molecule has 0 aliphatic carbocycles. The van der Waals surface area contributed by atoms with Gasteiger partial charge in [0.05, 0.1) is 13.5 Å². The maximum Gasteiger partial charge on any atom is 0.307 e. The van der Waals surface area contributed by atoms with Gasteiger partial charge >= 0.3 is 5.97 Å². The lowest BCUT2D eigenvalue weighted by atomic mass is 10.2. The molecule has 0 fully saturated rings. The van der Waals surface area contributed by atoms with E-state index >= 15 is 0 Å². The number of allylic oxidation sites excluding steroid dienone is 1. The molecule has 20 heavy (non-hydrogen) atoms. The van der Waals surface area contributed by atoms with Gasteiger partial charge < -0.3 is 15.0 Å². The minimum atomic E-state index is -0.213. The molecule has 0 saturated heterocycles. The van der Waals surface area contributed by atoms with Crippen LogP contribution in [0.3, 0.4) is 0 Å². The summed E-state index contributed by atoms with van der Waals surface area (Å²) in [5, 5.41) is 3.15. The molecule has 0 aliphatic heterocycles. The van der Waals surface area contributed by atoms with E-state index in [4.69, 9.17) is 0 Å². The van der Waals surface area contributed by atoms with E-state index in [0.29, 0.717) is 13.0 Å². The Labute approximate surface area is 139 Å². The first-order valence-corrected chi connectivity index (χ1v) is 6.75. The highest BCUT2D eigenvalue weighted by molar-refractivity contribution is 14.0. The van der Waals surface area contributed by atoms with Crippen molar-refractivity contribution in [2.75, 3.05) is 34.3 Å². The summed E-state index contributed by atoms with van der Waals surface area (Å²) >= 11 is 0. The van der Waals surface area contributed by atoms with Crippen molar-refractivity contribution in [3.05, 3.63) is 12.7 Å². The largest absolute Gasteiger partial charge is 0.469 e. The predicted molar refractivity (Wildman–Crippen MR) is 94.7 cm³/mol. The molecule has 0 saturated carbocycles. The molecule has 1 N–H and O–H groups in total. The molecule has 0 rings (SSSR count). The number of halogens is 1. The second-order valence-corrected chi connectivity index (χ2v) is 4.36. The van der Waals surface area contributed by atoms with Crippen molar-refractivity contribution >= 4 is 35.9 Å². The number of carbonyl (C=O) groups excluding carboxylic acids is 1. The number of nitrogens with zero attached hydrogens (tertiary/aromatic N) is 2. The Bertz CT molecular complexity index is 296. The number of carbonyl (C=O) groups is 1. The standard InChI is InChI=1S/C14H27N3O2.HI/c1-5-6-7-8-9-12-17(3)14(15-2)16-11-10-13(18)19-4;/h5H,1,6-12H2,2-4H3,(H,15,16);1H. The Balaban J connectivity index is 0. The van der Waals surface area contributed by atoms with Gasteiger partial charge in [-0.3, -0.25) is 9.79 Å². The minimum Gasteiger partial charge on any atom is -0.469 e. The fourth-order valence-corrected chi connectivity index (χ4v) is 1.68. The highest BCUT2D eigenvalue weighted by Crippen LogP contribution is 2.01. The molecule has 118 valence electrons. The number of esters is 1. The number of guanidine groups is 1. The number of hydrogen-bond acceptors (Lipinski definition) is 3. The summed E-state index contributed by atoms with van der Waals surface area (Å²) in [6, 6.07) is 0. The van der Waals surface area contributed by atoms with E-state index in [9.17, 15) is 4.79 Å². The van der Waals surface area contributed by atoms with Gasteiger partial charge in [-0.15, -0.1) is 30.6 Å². The lowest BCUT2D eigenvalue weighted by molar-refractivity contribution is -0.140. The Morgan fingerprint density at radius 3 is 2.65 bits per heavy atom. The van der Waals surface area contributed by atoms with Crippen molar-refractivity contribution in [3.8, 4) is 0 Å². The van der Waals surface area contributed by atoms with Crippen LogP contribution in [0.25, 0.3) is 0 Å². The molecule has 5 nitrogen and oxygen atoms in total. The fourth-order valence-electron chi connectivity index (χ4n) is 1.68. The molecule has 0 bridgehead atoms. The van der Waals surface area contributed by atoms with Gasteiger partial charge in [0.1, 0.15) is 0 Å². The normalized spacial score (nSPS) is 10.4. The number of nitrogens with one attached hydrogen (secondary N) is 1. The van der Waals surface area contributed by atoms with Crippen LogP contribution in [0.4, 0.5) is 0 Å². The zero-order valence-corrected chi connectivity index (χ0v) is 15.2. The summed E-state index contributed by atoms with van der Waals surface area (Å²) in [7, 11) is 5.14. The number of unbranched alkanes of at least 4 members (excludes halogenated alkanes) is 3. The number of methoxy groups -OCH3 is 1. The van der Waals surface area contributed by atoms with Crippen LogP contribution in [0.15, 0.2) is 17.6 Å². The Morgan fingerprint density at radius 1 is 1.40 bits per heavy atom. The van der Waals surface area contributed by atoms with E-state index in [0.717, 1.165) is 25.3 Å². The summed E-state index contributed by atoms with van der Waals surface area (Å²) in [4.78, 5) is 17.3. The predicted octanol–water partition coefficient (Wildman–Crippen LogP) is 2.42. The summed E-state index contributed by atoms with van der Waals surface area (Å²) in [6.07, 6.45) is 6.89. The Morgan fingerprint density at radius 2 is 2.10 bits per heavy atom. The first kappa shape index (κ1) is 21.5. The maximum absolute atomic E-state index is 11.0. The van der Waals surface area contributed by atoms with Crippen molar-refractivity contribution in [2.24, 2.45) is 4.99 Å². The van der Waals surface area contributed by atoms with Crippen LogP contribution in [0.5, 0.6) is 0 Å². The van der Waals surface area contributed by atoms with Crippen LogP contribution in [0.1, 0.15) is 32.1 Å². The third-order valence-corrected chi connectivity index (χ3v) is 2.82. The first-order valence-electron chi connectivity index (χ1n) is 6.75. The molecule has 0 heterocycles. The Kier molecular flexibility index (Phi) is 15.7. The molecule has 0 aromatic carbocycles. The van der Waals surface area contributed by atoms with Gasteiger partial charge in [-0.2, -0.15) is 0 Å². The molecule has 0 unspecified atom stereocenters. The SMILES string of the molecule is C=CCCCCCN(C)C(=NC)NCCC(=O)OC.I. The van der Waals surface area contributed by atoms with Crippen molar-refractivity contribution in [3.63, 3.8) is 0 Å². The Hall–Kier alpha value is -0.790. The lowest BCUT2D eigenvalue weighted by Gasteiger charge is -2.21.